The molecule has 2 heterocycles. The molecule has 0 fully saturated rings. The van der Waals surface area contributed by atoms with Crippen molar-refractivity contribution < 1.29 is 9.18 Å². The van der Waals surface area contributed by atoms with E-state index in [0.717, 1.165) is 16.3 Å². The van der Waals surface area contributed by atoms with Gasteiger partial charge in [-0.3, -0.25) is 4.79 Å². The zero-order valence-electron chi connectivity index (χ0n) is 12.1. The fraction of sp³-hybridized carbons (Fsp3) is 0.357. The Morgan fingerprint density at radius 2 is 2.24 bits per heavy atom. The van der Waals surface area contributed by atoms with E-state index in [4.69, 9.17) is 0 Å². The summed E-state index contributed by atoms with van der Waals surface area (Å²) in [6.45, 7) is 3.88. The lowest BCUT2D eigenvalue weighted by Gasteiger charge is -2.12. The van der Waals surface area contributed by atoms with Crippen LogP contribution in [0.15, 0.2) is 18.5 Å². The predicted octanol–water partition coefficient (Wildman–Crippen LogP) is 2.77. The second-order valence-electron chi connectivity index (χ2n) is 4.48. The van der Waals surface area contributed by atoms with Crippen LogP contribution in [0.25, 0.3) is 0 Å². The highest BCUT2D eigenvalue weighted by molar-refractivity contribution is 7.11. The van der Waals surface area contributed by atoms with Crippen molar-refractivity contribution in [2.24, 2.45) is 0 Å². The second kappa shape index (κ2) is 6.62. The van der Waals surface area contributed by atoms with Crippen LogP contribution in [-0.2, 0) is 6.42 Å². The number of pyridine rings is 1. The van der Waals surface area contributed by atoms with Gasteiger partial charge in [0, 0.05) is 24.3 Å². The van der Waals surface area contributed by atoms with Gasteiger partial charge in [0.2, 0.25) is 0 Å². The molecule has 2 aromatic rings. The lowest BCUT2D eigenvalue weighted by atomic mass is 10.2. The van der Waals surface area contributed by atoms with Gasteiger partial charge in [0.15, 0.2) is 11.6 Å². The van der Waals surface area contributed by atoms with Crippen LogP contribution in [0.2, 0.25) is 0 Å². The number of aryl methyl sites for hydroxylation is 1. The maximum absolute atomic E-state index is 14.0. The molecule has 1 amide bonds. The molecule has 7 heteroatoms. The molecule has 0 aliphatic heterocycles. The molecule has 0 saturated carbocycles. The van der Waals surface area contributed by atoms with E-state index in [9.17, 15) is 9.18 Å². The molecule has 1 unspecified atom stereocenters. The van der Waals surface area contributed by atoms with Gasteiger partial charge in [-0.1, -0.05) is 6.92 Å². The van der Waals surface area contributed by atoms with Crippen molar-refractivity contribution in [3.8, 4) is 0 Å². The molecule has 0 aliphatic rings. The zero-order chi connectivity index (χ0) is 15.4. The fourth-order valence-corrected chi connectivity index (χ4v) is 2.68. The quantitative estimate of drug-likeness (QED) is 0.891. The molecule has 2 aromatic heterocycles. The van der Waals surface area contributed by atoms with Crippen LogP contribution in [0.3, 0.4) is 0 Å². The van der Waals surface area contributed by atoms with Crippen molar-refractivity contribution in [1.29, 1.82) is 0 Å². The Morgan fingerprint density at radius 3 is 2.86 bits per heavy atom. The SMILES string of the molecule is CCc1cnc(C(C)NC(=O)c2ccnc(NC)c2F)s1. The minimum Gasteiger partial charge on any atom is -0.371 e. The molecular formula is C14H17FN4OS. The van der Waals surface area contributed by atoms with E-state index >= 15 is 0 Å². The predicted molar refractivity (Wildman–Crippen MR) is 81.1 cm³/mol. The van der Waals surface area contributed by atoms with E-state index in [-0.39, 0.29) is 17.4 Å². The number of rotatable bonds is 5. The van der Waals surface area contributed by atoms with Gasteiger partial charge in [-0.15, -0.1) is 11.3 Å². The van der Waals surface area contributed by atoms with Crippen LogP contribution in [-0.4, -0.2) is 22.9 Å². The van der Waals surface area contributed by atoms with E-state index in [1.54, 1.807) is 24.6 Å². The van der Waals surface area contributed by atoms with Gasteiger partial charge in [0.05, 0.1) is 11.6 Å². The van der Waals surface area contributed by atoms with Crippen molar-refractivity contribution in [1.82, 2.24) is 15.3 Å². The molecule has 1 atom stereocenters. The Balaban J connectivity index is 2.14. The standard InChI is InChI=1S/C14H17FN4OS/c1-4-9-7-18-14(21-9)8(2)19-13(20)10-5-6-17-12(16-3)11(10)15/h5-8H,4H2,1-3H3,(H,16,17)(H,19,20). The molecule has 0 bridgehead atoms. The minimum absolute atomic E-state index is 0.0338. The third-order valence-electron chi connectivity index (χ3n) is 3.01. The van der Waals surface area contributed by atoms with E-state index in [2.05, 4.69) is 20.6 Å². The Bertz CT molecular complexity index is 644. The molecule has 2 rings (SSSR count). The summed E-state index contributed by atoms with van der Waals surface area (Å²) in [6, 6.07) is 1.09. The Labute approximate surface area is 126 Å². The van der Waals surface area contributed by atoms with Crippen LogP contribution in [0.5, 0.6) is 0 Å². The Hall–Kier alpha value is -2.02. The smallest absolute Gasteiger partial charge is 0.255 e. The molecule has 5 nitrogen and oxygen atoms in total. The molecule has 0 saturated heterocycles. The number of carbonyl (C=O) groups is 1. The Kier molecular flexibility index (Phi) is 4.85. The van der Waals surface area contributed by atoms with Crippen LogP contribution < -0.4 is 10.6 Å². The molecule has 0 spiro atoms. The largest absolute Gasteiger partial charge is 0.371 e. The van der Waals surface area contributed by atoms with Crippen LogP contribution in [0.1, 0.15) is 40.1 Å². The Morgan fingerprint density at radius 1 is 1.48 bits per heavy atom. The molecule has 0 aliphatic carbocycles. The number of hydrogen-bond donors (Lipinski definition) is 2. The number of aromatic nitrogens is 2. The van der Waals surface area contributed by atoms with Gasteiger partial charge in [-0.05, 0) is 19.4 Å². The summed E-state index contributed by atoms with van der Waals surface area (Å²) in [7, 11) is 1.55. The number of amides is 1. The summed E-state index contributed by atoms with van der Waals surface area (Å²) in [5.74, 6) is -1.08. The number of thiazole rings is 1. The average molecular weight is 308 g/mol. The maximum Gasteiger partial charge on any atom is 0.255 e. The van der Waals surface area contributed by atoms with Gasteiger partial charge in [0.25, 0.3) is 5.91 Å². The number of halogens is 1. The fourth-order valence-electron chi connectivity index (χ4n) is 1.82. The highest BCUT2D eigenvalue weighted by atomic mass is 32.1. The van der Waals surface area contributed by atoms with Crippen molar-refractivity contribution in [2.75, 3.05) is 12.4 Å². The van der Waals surface area contributed by atoms with Crippen molar-refractivity contribution in [2.45, 2.75) is 26.3 Å². The second-order valence-corrected chi connectivity index (χ2v) is 5.63. The topological polar surface area (TPSA) is 66.9 Å². The van der Waals surface area contributed by atoms with E-state index in [0.29, 0.717) is 0 Å². The van der Waals surface area contributed by atoms with Crippen LogP contribution in [0.4, 0.5) is 10.2 Å². The average Bonchev–Trinajstić information content (AvgIpc) is 2.96. The molecule has 21 heavy (non-hydrogen) atoms. The summed E-state index contributed by atoms with van der Waals surface area (Å²) in [5.41, 5.74) is -0.0338. The minimum atomic E-state index is -0.655. The molecule has 0 aromatic carbocycles. The van der Waals surface area contributed by atoms with E-state index in [1.807, 2.05) is 13.8 Å². The maximum atomic E-state index is 14.0. The monoisotopic (exact) mass is 308 g/mol. The number of hydrogen-bond acceptors (Lipinski definition) is 5. The number of nitrogens with one attached hydrogen (secondary N) is 2. The molecule has 2 N–H and O–H groups in total. The van der Waals surface area contributed by atoms with Gasteiger partial charge >= 0.3 is 0 Å². The third kappa shape index (κ3) is 3.36. The van der Waals surface area contributed by atoms with Crippen molar-refractivity contribution >= 4 is 23.1 Å². The van der Waals surface area contributed by atoms with E-state index < -0.39 is 11.7 Å². The highest BCUT2D eigenvalue weighted by Crippen LogP contribution is 2.21. The summed E-state index contributed by atoms with van der Waals surface area (Å²) in [4.78, 5) is 21.4. The summed E-state index contributed by atoms with van der Waals surface area (Å²) in [6.07, 6.45) is 4.10. The highest BCUT2D eigenvalue weighted by Gasteiger charge is 2.19. The summed E-state index contributed by atoms with van der Waals surface area (Å²) >= 11 is 1.55. The first-order valence-electron chi connectivity index (χ1n) is 6.64. The number of anilines is 1. The molecule has 112 valence electrons. The van der Waals surface area contributed by atoms with E-state index in [1.165, 1.54) is 12.3 Å². The number of nitrogens with zero attached hydrogens (tertiary/aromatic N) is 2. The van der Waals surface area contributed by atoms with Crippen molar-refractivity contribution in [3.63, 3.8) is 0 Å². The van der Waals surface area contributed by atoms with Gasteiger partial charge in [-0.25, -0.2) is 14.4 Å². The summed E-state index contributed by atoms with van der Waals surface area (Å²) in [5, 5.41) is 6.17. The first-order valence-corrected chi connectivity index (χ1v) is 7.46. The van der Waals surface area contributed by atoms with Crippen LogP contribution in [0, 0.1) is 5.82 Å². The summed E-state index contributed by atoms with van der Waals surface area (Å²) < 4.78 is 14.0. The molecule has 0 radical (unpaired) electrons. The first kappa shape index (κ1) is 15.4. The third-order valence-corrected chi connectivity index (χ3v) is 4.33. The van der Waals surface area contributed by atoms with Gasteiger partial charge in [-0.2, -0.15) is 0 Å². The van der Waals surface area contributed by atoms with Gasteiger partial charge < -0.3 is 10.6 Å². The zero-order valence-corrected chi connectivity index (χ0v) is 12.9. The number of carbonyl (C=O) groups excluding carboxylic acids is 1. The van der Waals surface area contributed by atoms with Crippen LogP contribution >= 0.6 is 11.3 Å². The molecular weight excluding hydrogens is 291 g/mol. The lowest BCUT2D eigenvalue weighted by molar-refractivity contribution is 0.0935. The first-order chi connectivity index (χ1) is 10.1. The lowest BCUT2D eigenvalue weighted by Crippen LogP contribution is -2.27. The van der Waals surface area contributed by atoms with Crippen molar-refractivity contribution in [3.05, 3.63) is 39.7 Å². The van der Waals surface area contributed by atoms with Gasteiger partial charge in [0.1, 0.15) is 5.01 Å². The normalized spacial score (nSPS) is 12.0.